The molecule has 4 heteroatoms. The zero-order chi connectivity index (χ0) is 4.83. The zero-order valence-electron chi connectivity index (χ0n) is 3.68. The van der Waals surface area contributed by atoms with E-state index in [1.54, 1.807) is 0 Å². The van der Waals surface area contributed by atoms with E-state index in [2.05, 4.69) is 4.52 Å². The van der Waals surface area contributed by atoms with Crippen LogP contribution in [0.5, 0.6) is 0 Å². The lowest BCUT2D eigenvalue weighted by molar-refractivity contribution is 0.342. The van der Waals surface area contributed by atoms with Gasteiger partial charge in [0.05, 0.1) is 6.61 Å². The summed E-state index contributed by atoms with van der Waals surface area (Å²) in [7, 11) is -0.205. The summed E-state index contributed by atoms with van der Waals surface area (Å²) < 4.78 is 13.8. The fourth-order valence-electron chi connectivity index (χ4n) is 0.129. The first kappa shape index (κ1) is 10.6. The molecule has 0 saturated carbocycles. The molecule has 0 aromatic rings. The lowest BCUT2D eigenvalue weighted by Gasteiger charge is -1.81. The Balaban J connectivity index is 0. The minimum Gasteiger partial charge on any atom is -0.294 e. The predicted octanol–water partition coefficient (Wildman–Crippen LogP) is 0.436. The molecule has 0 spiro atoms. The van der Waals surface area contributed by atoms with Crippen LogP contribution < -0.4 is 0 Å². The maximum atomic E-state index is 9.44. The summed E-state index contributed by atoms with van der Waals surface area (Å²) in [5.41, 5.74) is 0. The summed E-state index contributed by atoms with van der Waals surface area (Å²) in [6.07, 6.45) is 0.926. The van der Waals surface area contributed by atoms with E-state index in [9.17, 15) is 4.57 Å². The maximum absolute atomic E-state index is 9.44. The molecule has 0 bridgehead atoms. The van der Waals surface area contributed by atoms with Crippen molar-refractivity contribution in [2.45, 2.75) is 13.3 Å². The van der Waals surface area contributed by atoms with Crippen molar-refractivity contribution in [1.29, 1.82) is 0 Å². The first-order valence-corrected chi connectivity index (χ1v) is 2.59. The molecule has 0 atom stereocenters. The van der Waals surface area contributed by atoms with E-state index in [1.165, 1.54) is 0 Å². The quantitative estimate of drug-likeness (QED) is 0.319. The maximum Gasteiger partial charge on any atom is 0.327 e. The van der Waals surface area contributed by atoms with Crippen molar-refractivity contribution >= 4 is 26.0 Å². The number of hydrogen-bond acceptors (Lipinski definition) is 2. The van der Waals surface area contributed by atoms with Crippen molar-refractivity contribution < 1.29 is 9.09 Å². The van der Waals surface area contributed by atoms with Crippen LogP contribution in [0.1, 0.15) is 13.3 Å². The standard InChI is InChI=1S/C3H7O2P.Al.3H/c1-2-3-5-6-4;;;;/h2-3H2,1H3;;;;. The second kappa shape index (κ2) is 9.78. The van der Waals surface area contributed by atoms with Crippen LogP contribution in [0.3, 0.4) is 0 Å². The summed E-state index contributed by atoms with van der Waals surface area (Å²) in [6, 6.07) is 0. The Bertz CT molecular complexity index is 41.9. The van der Waals surface area contributed by atoms with Crippen LogP contribution >= 0.6 is 8.69 Å². The Labute approximate surface area is 55.7 Å². The third kappa shape index (κ3) is 10.8. The van der Waals surface area contributed by atoms with Crippen molar-refractivity contribution in [2.75, 3.05) is 6.61 Å². The van der Waals surface area contributed by atoms with Crippen LogP contribution in [-0.4, -0.2) is 24.0 Å². The molecule has 0 aliphatic carbocycles. The highest BCUT2D eigenvalue weighted by Crippen LogP contribution is 1.93. The first-order valence-electron chi connectivity index (χ1n) is 1.86. The Morgan fingerprint density at radius 3 is 2.43 bits per heavy atom. The minimum absolute atomic E-state index is 0. The topological polar surface area (TPSA) is 26.3 Å². The summed E-state index contributed by atoms with van der Waals surface area (Å²) in [5, 5.41) is 0. The van der Waals surface area contributed by atoms with Gasteiger partial charge in [-0.15, -0.1) is 0 Å². The van der Waals surface area contributed by atoms with Crippen LogP contribution in [0, 0.1) is 0 Å². The van der Waals surface area contributed by atoms with E-state index >= 15 is 0 Å². The van der Waals surface area contributed by atoms with Gasteiger partial charge in [0.2, 0.25) is 0 Å². The molecule has 0 N–H and O–H groups in total. The Morgan fingerprint density at radius 1 is 1.71 bits per heavy atom. The van der Waals surface area contributed by atoms with E-state index in [4.69, 9.17) is 0 Å². The molecule has 0 aliphatic heterocycles. The van der Waals surface area contributed by atoms with Gasteiger partial charge in [0.15, 0.2) is 17.4 Å². The molecule has 0 unspecified atom stereocenters. The van der Waals surface area contributed by atoms with Gasteiger partial charge in [-0.2, -0.15) is 0 Å². The third-order valence-corrected chi connectivity index (χ3v) is 0.636. The van der Waals surface area contributed by atoms with E-state index in [0.29, 0.717) is 6.61 Å². The Kier molecular flexibility index (Phi) is 14.7. The fourth-order valence-corrected chi connectivity index (χ4v) is 0.386. The van der Waals surface area contributed by atoms with Gasteiger partial charge in [0.1, 0.15) is 0 Å². The highest BCUT2D eigenvalue weighted by molar-refractivity contribution is 7.17. The highest BCUT2D eigenvalue weighted by atomic mass is 31.1. The molecule has 0 fully saturated rings. The summed E-state index contributed by atoms with van der Waals surface area (Å²) in [5.74, 6) is 0. The van der Waals surface area contributed by atoms with Crippen LogP contribution in [0.25, 0.3) is 0 Å². The van der Waals surface area contributed by atoms with Crippen molar-refractivity contribution in [2.24, 2.45) is 0 Å². The van der Waals surface area contributed by atoms with E-state index < -0.39 is 0 Å². The normalized spacial score (nSPS) is 8.14. The summed E-state index contributed by atoms with van der Waals surface area (Å²) in [6.45, 7) is 2.55. The number of hydrogen-bond donors (Lipinski definition) is 0. The fraction of sp³-hybridized carbons (Fsp3) is 1.00. The van der Waals surface area contributed by atoms with Gasteiger partial charge in [0.25, 0.3) is 0 Å². The van der Waals surface area contributed by atoms with Gasteiger partial charge < -0.3 is 0 Å². The molecule has 0 saturated heterocycles. The lowest BCUT2D eigenvalue weighted by Crippen LogP contribution is -1.74. The van der Waals surface area contributed by atoms with Gasteiger partial charge in [-0.3, -0.25) is 4.52 Å². The molecule has 0 aromatic carbocycles. The Morgan fingerprint density at radius 2 is 2.29 bits per heavy atom. The SMILES string of the molecule is CCCOP=O.[AlH3]. The average molecular weight is 136 g/mol. The highest BCUT2D eigenvalue weighted by Gasteiger charge is 1.74. The van der Waals surface area contributed by atoms with E-state index in [0.717, 1.165) is 6.42 Å². The van der Waals surface area contributed by atoms with Gasteiger partial charge in [-0.05, 0) is 6.42 Å². The van der Waals surface area contributed by atoms with Crippen LogP contribution in [-0.2, 0) is 9.09 Å². The van der Waals surface area contributed by atoms with Crippen LogP contribution in [0.4, 0.5) is 0 Å². The molecule has 0 aliphatic rings. The lowest BCUT2D eigenvalue weighted by atomic mass is 10.5. The molecule has 0 radical (unpaired) electrons. The molecule has 0 aromatic heterocycles. The molecular weight excluding hydrogens is 126 g/mol. The molecule has 7 heavy (non-hydrogen) atoms. The predicted molar refractivity (Wildman–Crippen MR) is 33.8 cm³/mol. The molecule has 0 amide bonds. The monoisotopic (exact) mass is 136 g/mol. The van der Waals surface area contributed by atoms with Crippen molar-refractivity contribution in [3.63, 3.8) is 0 Å². The summed E-state index contributed by atoms with van der Waals surface area (Å²) in [4.78, 5) is 0. The average Bonchev–Trinajstić information content (AvgIpc) is 1.61. The van der Waals surface area contributed by atoms with Crippen molar-refractivity contribution in [1.82, 2.24) is 0 Å². The van der Waals surface area contributed by atoms with Gasteiger partial charge in [-0.25, -0.2) is 4.57 Å². The molecule has 0 heterocycles. The first-order chi connectivity index (χ1) is 2.91. The largest absolute Gasteiger partial charge is 0.327 e. The third-order valence-electron chi connectivity index (χ3n) is 0.348. The van der Waals surface area contributed by atoms with Crippen molar-refractivity contribution in [3.8, 4) is 0 Å². The second-order valence-electron chi connectivity index (χ2n) is 0.908. The zero-order valence-corrected chi connectivity index (χ0v) is 4.57. The van der Waals surface area contributed by atoms with Gasteiger partial charge in [0, 0.05) is 0 Å². The summed E-state index contributed by atoms with van der Waals surface area (Å²) >= 11 is 0. The van der Waals surface area contributed by atoms with Gasteiger partial charge in [-0.1, -0.05) is 6.92 Å². The molecular formula is C3H10AlO2P. The van der Waals surface area contributed by atoms with Crippen LogP contribution in [0.15, 0.2) is 0 Å². The minimum atomic E-state index is -0.205. The van der Waals surface area contributed by atoms with E-state index in [-0.39, 0.29) is 26.0 Å². The van der Waals surface area contributed by atoms with Crippen molar-refractivity contribution in [3.05, 3.63) is 0 Å². The van der Waals surface area contributed by atoms with Crippen LogP contribution in [0.2, 0.25) is 0 Å². The van der Waals surface area contributed by atoms with Gasteiger partial charge >= 0.3 is 8.69 Å². The smallest absolute Gasteiger partial charge is 0.294 e. The number of rotatable bonds is 3. The second-order valence-corrected chi connectivity index (χ2v) is 1.32. The molecule has 0 rings (SSSR count). The molecule has 2 nitrogen and oxygen atoms in total. The molecule has 42 valence electrons. The van der Waals surface area contributed by atoms with E-state index in [1.807, 2.05) is 6.92 Å². The Hall–Kier alpha value is 0.592.